The third kappa shape index (κ3) is 3.13. The molecule has 5 nitrogen and oxygen atoms in total. The molecule has 1 saturated heterocycles. The fourth-order valence-electron chi connectivity index (χ4n) is 3.30. The Kier molecular flexibility index (Phi) is 4.18. The number of nitrogens with zero attached hydrogens (tertiary/aromatic N) is 4. The predicted molar refractivity (Wildman–Crippen MR) is 97.4 cm³/mol. The Morgan fingerprint density at radius 1 is 1.25 bits per heavy atom. The highest BCUT2D eigenvalue weighted by Crippen LogP contribution is 2.26. The lowest BCUT2D eigenvalue weighted by atomic mass is 9.91. The van der Waals surface area contributed by atoms with Gasteiger partial charge in [-0.15, -0.1) is 0 Å². The molecule has 0 radical (unpaired) electrons. The molecule has 0 saturated carbocycles. The summed E-state index contributed by atoms with van der Waals surface area (Å²) in [5, 5.41) is 8.88. The molecule has 0 N–H and O–H groups in total. The first-order chi connectivity index (χ1) is 11.6. The zero-order valence-electron chi connectivity index (χ0n) is 13.9. The average Bonchev–Trinajstić information content (AvgIpc) is 3.09. The molecular weight excluding hydrogens is 368 g/mol. The third-order valence-electron chi connectivity index (χ3n) is 4.76. The molecule has 6 heteroatoms. The first kappa shape index (κ1) is 15.8. The van der Waals surface area contributed by atoms with Crippen molar-refractivity contribution in [1.82, 2.24) is 14.7 Å². The molecule has 24 heavy (non-hydrogen) atoms. The maximum atomic E-state index is 5.31. The normalized spacial score (nSPS) is 21.5. The number of aromatic nitrogens is 2. The van der Waals surface area contributed by atoms with E-state index in [0.29, 0.717) is 5.92 Å². The van der Waals surface area contributed by atoms with Crippen molar-refractivity contribution in [1.29, 1.82) is 0 Å². The van der Waals surface area contributed by atoms with Crippen LogP contribution in [-0.2, 0) is 11.4 Å². The monoisotopic (exact) mass is 388 g/mol. The van der Waals surface area contributed by atoms with E-state index in [9.17, 15) is 0 Å². The Morgan fingerprint density at radius 3 is 2.67 bits per heavy atom. The number of halogens is 1. The minimum Gasteiger partial charge on any atom is -0.392 e. The van der Waals surface area contributed by atoms with E-state index in [1.807, 2.05) is 16.8 Å². The summed E-state index contributed by atoms with van der Waals surface area (Å²) < 4.78 is 3.04. The molecule has 0 aliphatic carbocycles. The van der Waals surface area contributed by atoms with E-state index in [2.05, 4.69) is 63.3 Å². The Hall–Kier alpha value is -1.66. The highest BCUT2D eigenvalue weighted by atomic mass is 79.9. The lowest BCUT2D eigenvalue weighted by Crippen LogP contribution is -2.49. The second-order valence-corrected chi connectivity index (χ2v) is 7.67. The summed E-state index contributed by atoms with van der Waals surface area (Å²) in [4.78, 5) is 7.76. The molecule has 3 heterocycles. The van der Waals surface area contributed by atoms with Crippen LogP contribution in [0.15, 0.2) is 40.1 Å². The number of aryl methyl sites for hydroxylation is 1. The molecule has 0 bridgehead atoms. The molecule has 1 unspecified atom stereocenters. The van der Waals surface area contributed by atoms with Crippen molar-refractivity contribution in [2.45, 2.75) is 32.9 Å². The van der Waals surface area contributed by atoms with Crippen molar-refractivity contribution in [3.63, 3.8) is 0 Å². The van der Waals surface area contributed by atoms with E-state index < -0.39 is 0 Å². The third-order valence-corrected chi connectivity index (χ3v) is 5.29. The van der Waals surface area contributed by atoms with Crippen molar-refractivity contribution in [2.75, 3.05) is 13.1 Å². The molecule has 1 aromatic heterocycles. The number of hydrogen-bond acceptors (Lipinski definition) is 4. The lowest BCUT2D eigenvalue weighted by molar-refractivity contribution is 0.0987. The minimum absolute atomic E-state index is 0.250. The minimum atomic E-state index is 0.250. The van der Waals surface area contributed by atoms with Gasteiger partial charge in [-0.3, -0.25) is 4.90 Å². The van der Waals surface area contributed by atoms with Gasteiger partial charge < -0.3 is 4.84 Å². The van der Waals surface area contributed by atoms with Crippen LogP contribution in [0.25, 0.3) is 5.69 Å². The van der Waals surface area contributed by atoms with Gasteiger partial charge in [0.15, 0.2) is 0 Å². The standard InChI is InChI=1S/C18H21BrN4O/c1-12-7-18(21-24-12)15-9-22(10-15)8-14-11-23(20-13(14)2)17-5-3-16(19)4-6-17/h3-6,11-12,15H,7-10H2,1-2H3. The smallest absolute Gasteiger partial charge is 0.130 e. The van der Waals surface area contributed by atoms with Gasteiger partial charge in [-0.1, -0.05) is 21.1 Å². The zero-order valence-corrected chi connectivity index (χ0v) is 15.5. The fraction of sp³-hybridized carbons (Fsp3) is 0.444. The number of oxime groups is 1. The molecule has 0 amide bonds. The molecule has 1 atom stereocenters. The molecule has 1 aromatic carbocycles. The van der Waals surface area contributed by atoms with Gasteiger partial charge in [-0.05, 0) is 38.1 Å². The Bertz CT molecular complexity index is 762. The average molecular weight is 389 g/mol. The predicted octanol–water partition coefficient (Wildman–Crippen LogP) is 3.54. The highest BCUT2D eigenvalue weighted by molar-refractivity contribution is 9.10. The molecular formula is C18H21BrN4O. The first-order valence-electron chi connectivity index (χ1n) is 8.34. The zero-order chi connectivity index (χ0) is 16.7. The largest absolute Gasteiger partial charge is 0.392 e. The Labute approximate surface area is 150 Å². The van der Waals surface area contributed by atoms with Gasteiger partial charge >= 0.3 is 0 Å². The second-order valence-electron chi connectivity index (χ2n) is 6.75. The summed E-state index contributed by atoms with van der Waals surface area (Å²) in [6.07, 6.45) is 3.38. The van der Waals surface area contributed by atoms with Gasteiger partial charge in [0.25, 0.3) is 0 Å². The van der Waals surface area contributed by atoms with Crippen LogP contribution >= 0.6 is 15.9 Å². The van der Waals surface area contributed by atoms with Crippen molar-refractivity contribution >= 4 is 21.6 Å². The van der Waals surface area contributed by atoms with E-state index in [0.717, 1.165) is 41.9 Å². The van der Waals surface area contributed by atoms with E-state index in [1.165, 1.54) is 11.3 Å². The molecule has 2 aromatic rings. The van der Waals surface area contributed by atoms with Crippen LogP contribution in [-0.4, -0.2) is 39.6 Å². The van der Waals surface area contributed by atoms with Crippen molar-refractivity contribution < 1.29 is 4.84 Å². The quantitative estimate of drug-likeness (QED) is 0.804. The van der Waals surface area contributed by atoms with Crippen molar-refractivity contribution in [3.05, 3.63) is 46.2 Å². The van der Waals surface area contributed by atoms with Gasteiger partial charge in [0.2, 0.25) is 0 Å². The summed E-state index contributed by atoms with van der Waals surface area (Å²) >= 11 is 3.47. The summed E-state index contributed by atoms with van der Waals surface area (Å²) in [5.41, 5.74) is 4.70. The lowest BCUT2D eigenvalue weighted by Gasteiger charge is -2.38. The van der Waals surface area contributed by atoms with E-state index in [4.69, 9.17) is 4.84 Å². The van der Waals surface area contributed by atoms with Crippen LogP contribution in [0.5, 0.6) is 0 Å². The molecule has 2 aliphatic heterocycles. The second kappa shape index (κ2) is 6.33. The van der Waals surface area contributed by atoms with Crippen LogP contribution in [0.4, 0.5) is 0 Å². The fourth-order valence-corrected chi connectivity index (χ4v) is 3.56. The maximum Gasteiger partial charge on any atom is 0.130 e. The van der Waals surface area contributed by atoms with Crippen molar-refractivity contribution in [2.24, 2.45) is 11.1 Å². The molecule has 2 aliphatic rings. The topological polar surface area (TPSA) is 42.7 Å². The highest BCUT2D eigenvalue weighted by Gasteiger charge is 2.34. The molecule has 126 valence electrons. The molecule has 1 fully saturated rings. The summed E-state index contributed by atoms with van der Waals surface area (Å²) in [6, 6.07) is 8.22. The number of likely N-dealkylation sites (tertiary alicyclic amines) is 1. The molecule has 4 rings (SSSR count). The SMILES string of the molecule is Cc1nn(-c2ccc(Br)cc2)cc1CN1CC(C2=NOC(C)C2)C1. The van der Waals surface area contributed by atoms with Crippen LogP contribution < -0.4 is 0 Å². The van der Waals surface area contributed by atoms with Crippen LogP contribution in [0.2, 0.25) is 0 Å². The van der Waals surface area contributed by atoms with Gasteiger partial charge in [-0.25, -0.2) is 4.68 Å². The Balaban J connectivity index is 1.39. The number of rotatable bonds is 4. The van der Waals surface area contributed by atoms with Crippen LogP contribution in [0.3, 0.4) is 0 Å². The van der Waals surface area contributed by atoms with E-state index in [-0.39, 0.29) is 6.10 Å². The van der Waals surface area contributed by atoms with Gasteiger partial charge in [0.1, 0.15) is 6.10 Å². The van der Waals surface area contributed by atoms with Crippen LogP contribution in [0.1, 0.15) is 24.6 Å². The van der Waals surface area contributed by atoms with Crippen molar-refractivity contribution in [3.8, 4) is 5.69 Å². The van der Waals surface area contributed by atoms with Gasteiger partial charge in [0.05, 0.1) is 17.1 Å². The number of hydrogen-bond donors (Lipinski definition) is 0. The summed E-state index contributed by atoms with van der Waals surface area (Å²) in [6.45, 7) is 7.24. The summed E-state index contributed by atoms with van der Waals surface area (Å²) in [7, 11) is 0. The van der Waals surface area contributed by atoms with Gasteiger partial charge in [0, 0.05) is 48.2 Å². The summed E-state index contributed by atoms with van der Waals surface area (Å²) in [5.74, 6) is 0.566. The first-order valence-corrected chi connectivity index (χ1v) is 9.14. The molecule has 0 spiro atoms. The van der Waals surface area contributed by atoms with Gasteiger partial charge in [-0.2, -0.15) is 5.10 Å². The Morgan fingerprint density at radius 2 is 2.00 bits per heavy atom. The van der Waals surface area contributed by atoms with Crippen LogP contribution in [0, 0.1) is 12.8 Å². The number of benzene rings is 1. The van der Waals surface area contributed by atoms with E-state index in [1.54, 1.807) is 0 Å². The maximum absolute atomic E-state index is 5.31. The van der Waals surface area contributed by atoms with E-state index >= 15 is 0 Å².